The lowest BCUT2D eigenvalue weighted by atomic mass is 10.3. The first-order valence-electron chi connectivity index (χ1n) is 5.28. The highest BCUT2D eigenvalue weighted by Gasteiger charge is 2.23. The average molecular weight is 200 g/mol. The third-order valence-corrected chi connectivity index (χ3v) is 2.92. The third-order valence-electron chi connectivity index (χ3n) is 2.92. The highest BCUT2D eigenvalue weighted by molar-refractivity contribution is 4.71. The van der Waals surface area contributed by atoms with Crippen LogP contribution in [-0.4, -0.2) is 87.3 Å². The lowest BCUT2D eigenvalue weighted by Gasteiger charge is -2.42. The number of nitrogens with zero attached hydrogens (tertiary/aromatic N) is 4. The van der Waals surface area contributed by atoms with Crippen LogP contribution in [0.2, 0.25) is 0 Å². The van der Waals surface area contributed by atoms with Crippen LogP contribution in [0.15, 0.2) is 0 Å². The Bertz CT molecular complexity index is 158. The van der Waals surface area contributed by atoms with Gasteiger partial charge in [-0.05, 0) is 35.2 Å². The van der Waals surface area contributed by atoms with Crippen molar-refractivity contribution in [1.29, 1.82) is 0 Å². The highest BCUT2D eigenvalue weighted by atomic mass is 15.5. The molecule has 4 nitrogen and oxygen atoms in total. The van der Waals surface area contributed by atoms with Gasteiger partial charge in [0.05, 0.1) is 0 Å². The fourth-order valence-corrected chi connectivity index (χ4v) is 2.12. The van der Waals surface area contributed by atoms with Crippen LogP contribution < -0.4 is 0 Å². The summed E-state index contributed by atoms with van der Waals surface area (Å²) in [4.78, 5) is 9.45. The molecule has 14 heavy (non-hydrogen) atoms. The predicted molar refractivity (Wildman–Crippen MR) is 60.2 cm³/mol. The molecule has 0 aromatic carbocycles. The Hall–Kier alpha value is -0.160. The van der Waals surface area contributed by atoms with Gasteiger partial charge in [-0.25, -0.2) is 0 Å². The molecule has 1 fully saturated rings. The minimum Gasteiger partial charge on any atom is -0.304 e. The summed E-state index contributed by atoms with van der Waals surface area (Å²) in [5.41, 5.74) is 0. The maximum atomic E-state index is 2.40. The van der Waals surface area contributed by atoms with E-state index < -0.39 is 0 Å². The van der Waals surface area contributed by atoms with Crippen molar-refractivity contribution in [3.05, 3.63) is 0 Å². The zero-order chi connectivity index (χ0) is 10.7. The van der Waals surface area contributed by atoms with E-state index in [0.717, 1.165) is 26.2 Å². The van der Waals surface area contributed by atoms with Gasteiger partial charge in [0.15, 0.2) is 0 Å². The molecular formula is C10H24N4. The first-order chi connectivity index (χ1) is 6.52. The summed E-state index contributed by atoms with van der Waals surface area (Å²) < 4.78 is 0. The zero-order valence-electron chi connectivity index (χ0n) is 10.2. The second-order valence-electron chi connectivity index (χ2n) is 4.57. The Morgan fingerprint density at radius 1 is 0.857 bits per heavy atom. The Morgan fingerprint density at radius 3 is 1.64 bits per heavy atom. The van der Waals surface area contributed by atoms with E-state index in [4.69, 9.17) is 0 Å². The molecule has 1 aliphatic heterocycles. The molecule has 0 aliphatic carbocycles. The smallest absolute Gasteiger partial charge is 0.118 e. The van der Waals surface area contributed by atoms with Crippen LogP contribution >= 0.6 is 0 Å². The van der Waals surface area contributed by atoms with Gasteiger partial charge in [-0.1, -0.05) is 0 Å². The Kier molecular flexibility index (Phi) is 4.31. The van der Waals surface area contributed by atoms with Gasteiger partial charge in [0.1, 0.15) is 6.29 Å². The Morgan fingerprint density at radius 2 is 1.29 bits per heavy atom. The molecule has 0 aromatic rings. The monoisotopic (exact) mass is 200 g/mol. The number of hydrogen-bond donors (Lipinski definition) is 0. The largest absolute Gasteiger partial charge is 0.304 e. The van der Waals surface area contributed by atoms with Gasteiger partial charge in [0.2, 0.25) is 0 Å². The van der Waals surface area contributed by atoms with E-state index in [2.05, 4.69) is 54.8 Å². The first kappa shape index (κ1) is 11.9. The highest BCUT2D eigenvalue weighted by Crippen LogP contribution is 2.07. The molecule has 1 aliphatic rings. The summed E-state index contributed by atoms with van der Waals surface area (Å²) in [5, 5.41) is 0. The maximum absolute atomic E-state index is 2.40. The van der Waals surface area contributed by atoms with Crippen LogP contribution in [0, 0.1) is 0 Å². The molecule has 0 unspecified atom stereocenters. The molecule has 0 spiro atoms. The summed E-state index contributed by atoms with van der Waals surface area (Å²) >= 11 is 0. The van der Waals surface area contributed by atoms with Gasteiger partial charge < -0.3 is 4.90 Å². The Labute approximate surface area is 88.1 Å². The molecule has 1 rings (SSSR count). The zero-order valence-corrected chi connectivity index (χ0v) is 10.2. The van der Waals surface area contributed by atoms with Crippen LogP contribution in [0.25, 0.3) is 0 Å². The maximum Gasteiger partial charge on any atom is 0.118 e. The molecule has 0 bridgehead atoms. The molecule has 4 heteroatoms. The van der Waals surface area contributed by atoms with Crippen molar-refractivity contribution in [3.8, 4) is 0 Å². The van der Waals surface area contributed by atoms with E-state index in [1.54, 1.807) is 0 Å². The van der Waals surface area contributed by atoms with Gasteiger partial charge in [0, 0.05) is 26.2 Å². The normalized spacial score (nSPS) is 25.3. The standard InChI is InChI=1S/C10H24N4/c1-11(2)10-13(4)8-6-12(3)7-9-14(10)5/h10H,6-9H2,1-5H3. The van der Waals surface area contributed by atoms with Crippen molar-refractivity contribution in [1.82, 2.24) is 19.6 Å². The lowest BCUT2D eigenvalue weighted by molar-refractivity contribution is -0.0380. The quantitative estimate of drug-likeness (QED) is 0.573. The van der Waals surface area contributed by atoms with Crippen molar-refractivity contribution in [2.45, 2.75) is 6.29 Å². The van der Waals surface area contributed by atoms with E-state index >= 15 is 0 Å². The summed E-state index contributed by atoms with van der Waals surface area (Å²) in [5.74, 6) is 0. The summed E-state index contributed by atoms with van der Waals surface area (Å²) in [6, 6.07) is 0. The van der Waals surface area contributed by atoms with Gasteiger partial charge in [-0.3, -0.25) is 14.7 Å². The van der Waals surface area contributed by atoms with Crippen molar-refractivity contribution < 1.29 is 0 Å². The molecular weight excluding hydrogens is 176 g/mol. The lowest BCUT2D eigenvalue weighted by Crippen LogP contribution is -2.57. The van der Waals surface area contributed by atoms with Crippen molar-refractivity contribution in [2.75, 3.05) is 61.4 Å². The van der Waals surface area contributed by atoms with Crippen molar-refractivity contribution in [2.24, 2.45) is 0 Å². The summed E-state index contributed by atoms with van der Waals surface area (Å²) in [7, 11) is 10.9. The van der Waals surface area contributed by atoms with Crippen molar-refractivity contribution >= 4 is 0 Å². The number of likely N-dealkylation sites (N-methyl/N-ethyl adjacent to an activating group) is 3. The average Bonchev–Trinajstić information content (AvgIpc) is 2.09. The Balaban J connectivity index is 2.62. The third kappa shape index (κ3) is 2.92. The minimum absolute atomic E-state index is 0.434. The van der Waals surface area contributed by atoms with E-state index in [-0.39, 0.29) is 0 Å². The van der Waals surface area contributed by atoms with Crippen molar-refractivity contribution in [3.63, 3.8) is 0 Å². The molecule has 84 valence electrons. The van der Waals surface area contributed by atoms with Crippen LogP contribution in [0.1, 0.15) is 0 Å². The molecule has 1 heterocycles. The van der Waals surface area contributed by atoms with Gasteiger partial charge in [0.25, 0.3) is 0 Å². The predicted octanol–water partition coefficient (Wildman–Crippen LogP) is -0.359. The van der Waals surface area contributed by atoms with Crippen LogP contribution in [0.5, 0.6) is 0 Å². The number of hydrogen-bond acceptors (Lipinski definition) is 4. The molecule has 0 saturated carbocycles. The second-order valence-corrected chi connectivity index (χ2v) is 4.57. The molecule has 0 amide bonds. The fourth-order valence-electron chi connectivity index (χ4n) is 2.12. The summed E-state index contributed by atoms with van der Waals surface area (Å²) in [6.45, 7) is 4.58. The fraction of sp³-hybridized carbons (Fsp3) is 1.00. The van der Waals surface area contributed by atoms with Crippen LogP contribution in [-0.2, 0) is 0 Å². The summed E-state index contributed by atoms with van der Waals surface area (Å²) in [6.07, 6.45) is 0.434. The first-order valence-corrected chi connectivity index (χ1v) is 5.28. The van der Waals surface area contributed by atoms with Crippen LogP contribution in [0.3, 0.4) is 0 Å². The van der Waals surface area contributed by atoms with E-state index in [0.29, 0.717) is 6.29 Å². The van der Waals surface area contributed by atoms with Gasteiger partial charge in [-0.15, -0.1) is 0 Å². The second kappa shape index (κ2) is 5.07. The van der Waals surface area contributed by atoms with Gasteiger partial charge >= 0.3 is 0 Å². The molecule has 0 N–H and O–H groups in total. The van der Waals surface area contributed by atoms with E-state index in [1.807, 2.05) is 0 Å². The van der Waals surface area contributed by atoms with Crippen LogP contribution in [0.4, 0.5) is 0 Å². The van der Waals surface area contributed by atoms with E-state index in [9.17, 15) is 0 Å². The molecule has 1 saturated heterocycles. The molecule has 0 radical (unpaired) electrons. The minimum atomic E-state index is 0.434. The molecule has 0 aromatic heterocycles. The van der Waals surface area contributed by atoms with E-state index in [1.165, 1.54) is 0 Å². The SMILES string of the molecule is CN1CCN(C)C(N(C)C)N(C)CC1. The van der Waals surface area contributed by atoms with Gasteiger partial charge in [-0.2, -0.15) is 0 Å². The topological polar surface area (TPSA) is 13.0 Å². The number of rotatable bonds is 1. The molecule has 0 atom stereocenters.